The Balaban J connectivity index is 2.16. The fourth-order valence-corrected chi connectivity index (χ4v) is 3.36. The van der Waals surface area contributed by atoms with Gasteiger partial charge in [0.1, 0.15) is 11.0 Å². The minimum Gasteiger partial charge on any atom is -0.457 e. The number of nitrogens with two attached hydrogens (primary N) is 1. The average Bonchev–Trinajstić information content (AvgIpc) is 2.85. The van der Waals surface area contributed by atoms with Crippen LogP contribution in [0.25, 0.3) is 0 Å². The summed E-state index contributed by atoms with van der Waals surface area (Å²) >= 11 is 2.90. The first-order chi connectivity index (χ1) is 8.38. The van der Waals surface area contributed by atoms with E-state index in [9.17, 15) is 13.2 Å². The molecule has 1 aliphatic rings. The number of furan rings is 1. The maximum absolute atomic E-state index is 11.7. The van der Waals surface area contributed by atoms with Crippen LogP contribution < -0.4 is 5.14 Å². The lowest BCUT2D eigenvalue weighted by Gasteiger charge is -2.08. The third-order valence-corrected chi connectivity index (χ3v) is 4.51. The summed E-state index contributed by atoms with van der Waals surface area (Å²) in [5.41, 5.74) is 0. The molecule has 1 fully saturated rings. The Morgan fingerprint density at radius 1 is 1.44 bits per heavy atom. The Bertz CT molecular complexity index is 559. The van der Waals surface area contributed by atoms with E-state index in [2.05, 4.69) is 15.9 Å². The maximum Gasteiger partial charge on any atom is 0.374 e. The van der Waals surface area contributed by atoms with Crippen molar-refractivity contribution >= 4 is 31.9 Å². The van der Waals surface area contributed by atoms with Crippen molar-refractivity contribution < 1.29 is 22.4 Å². The first-order valence-corrected chi connectivity index (χ1v) is 7.75. The molecule has 0 saturated heterocycles. The zero-order chi connectivity index (χ0) is 13.3. The van der Waals surface area contributed by atoms with E-state index in [1.807, 2.05) is 0 Å². The molecule has 0 bridgehead atoms. The van der Waals surface area contributed by atoms with Gasteiger partial charge in [-0.25, -0.2) is 18.4 Å². The molecule has 1 saturated carbocycles. The lowest BCUT2D eigenvalue weighted by Crippen LogP contribution is -2.14. The van der Waals surface area contributed by atoms with Gasteiger partial charge in [0.05, 0.1) is 0 Å². The molecule has 0 atom stereocenters. The number of ether oxygens (including phenoxy) is 1. The van der Waals surface area contributed by atoms with Gasteiger partial charge in [-0.3, -0.25) is 0 Å². The molecular weight excluding hydrogens is 326 g/mol. The molecule has 8 heteroatoms. The number of hydrogen-bond donors (Lipinski definition) is 1. The quantitative estimate of drug-likeness (QED) is 0.847. The molecule has 2 N–H and O–H groups in total. The molecule has 1 aromatic heterocycles. The lowest BCUT2D eigenvalue weighted by molar-refractivity contribution is 0.0280. The van der Waals surface area contributed by atoms with Crippen LogP contribution in [0.5, 0.6) is 0 Å². The number of carbonyl (C=O) groups is 1. The van der Waals surface area contributed by atoms with E-state index in [1.54, 1.807) is 0 Å². The predicted molar refractivity (Wildman–Crippen MR) is 65.5 cm³/mol. The van der Waals surface area contributed by atoms with E-state index in [4.69, 9.17) is 14.3 Å². The highest BCUT2D eigenvalue weighted by atomic mass is 79.9. The van der Waals surface area contributed by atoms with Gasteiger partial charge < -0.3 is 9.15 Å². The molecule has 0 unspecified atom stereocenters. The van der Waals surface area contributed by atoms with Crippen LogP contribution in [0.3, 0.4) is 0 Å². The zero-order valence-electron chi connectivity index (χ0n) is 9.39. The highest BCUT2D eigenvalue weighted by Gasteiger charge is 2.26. The number of hydrogen-bond acceptors (Lipinski definition) is 5. The average molecular weight is 338 g/mol. The summed E-state index contributed by atoms with van der Waals surface area (Å²) in [5.74, 6) is -0.838. The monoisotopic (exact) mass is 337 g/mol. The molecule has 0 aromatic carbocycles. The van der Waals surface area contributed by atoms with Crippen molar-refractivity contribution in [2.45, 2.75) is 36.7 Å². The normalized spacial score (nSPS) is 17.0. The van der Waals surface area contributed by atoms with E-state index in [-0.39, 0.29) is 21.4 Å². The van der Waals surface area contributed by atoms with E-state index in [0.717, 1.165) is 31.7 Å². The van der Waals surface area contributed by atoms with Crippen molar-refractivity contribution in [3.63, 3.8) is 0 Å². The summed E-state index contributed by atoms with van der Waals surface area (Å²) in [6.45, 7) is 0. The van der Waals surface area contributed by atoms with Gasteiger partial charge in [-0.05, 0) is 41.6 Å². The Kier molecular flexibility index (Phi) is 3.79. The van der Waals surface area contributed by atoms with Gasteiger partial charge in [-0.2, -0.15) is 0 Å². The standard InChI is InChI=1S/C10H12BrNO5S/c11-9-8(18(12,14)15)5-7(17-9)10(13)16-6-3-1-2-4-6/h5-6H,1-4H2,(H2,12,14,15). The van der Waals surface area contributed by atoms with Crippen LogP contribution in [0.1, 0.15) is 36.2 Å². The smallest absolute Gasteiger partial charge is 0.374 e. The van der Waals surface area contributed by atoms with Crippen molar-refractivity contribution in [2.24, 2.45) is 5.14 Å². The molecule has 6 nitrogen and oxygen atoms in total. The number of rotatable bonds is 3. The Morgan fingerprint density at radius 2 is 2.06 bits per heavy atom. The first-order valence-electron chi connectivity index (χ1n) is 5.41. The van der Waals surface area contributed by atoms with Gasteiger partial charge in [0.15, 0.2) is 4.67 Å². The van der Waals surface area contributed by atoms with Crippen molar-refractivity contribution in [3.8, 4) is 0 Å². The van der Waals surface area contributed by atoms with E-state index in [0.29, 0.717) is 0 Å². The van der Waals surface area contributed by atoms with Gasteiger partial charge in [0.2, 0.25) is 15.8 Å². The first kappa shape index (κ1) is 13.6. The fraction of sp³-hybridized carbons (Fsp3) is 0.500. The molecule has 1 aromatic rings. The van der Waals surface area contributed by atoms with Crippen molar-refractivity contribution in [2.75, 3.05) is 0 Å². The zero-order valence-corrected chi connectivity index (χ0v) is 11.8. The highest BCUT2D eigenvalue weighted by Crippen LogP contribution is 2.27. The number of sulfonamides is 1. The number of primary sulfonamides is 1. The molecule has 0 amide bonds. The molecule has 0 spiro atoms. The predicted octanol–water partition coefficient (Wildman–Crippen LogP) is 1.79. The fourth-order valence-electron chi connectivity index (χ4n) is 1.86. The van der Waals surface area contributed by atoms with Gasteiger partial charge in [-0.1, -0.05) is 0 Å². The van der Waals surface area contributed by atoms with Crippen LogP contribution in [0.2, 0.25) is 0 Å². The van der Waals surface area contributed by atoms with Crippen LogP contribution >= 0.6 is 15.9 Å². The van der Waals surface area contributed by atoms with Crippen molar-refractivity contribution in [1.29, 1.82) is 0 Å². The maximum atomic E-state index is 11.7. The van der Waals surface area contributed by atoms with Gasteiger partial charge in [-0.15, -0.1) is 0 Å². The van der Waals surface area contributed by atoms with E-state index >= 15 is 0 Å². The van der Waals surface area contributed by atoms with Crippen LogP contribution in [-0.4, -0.2) is 20.5 Å². The Hall–Kier alpha value is -0.860. The van der Waals surface area contributed by atoms with Crippen LogP contribution in [0.4, 0.5) is 0 Å². The van der Waals surface area contributed by atoms with Crippen molar-refractivity contribution in [1.82, 2.24) is 0 Å². The van der Waals surface area contributed by atoms with Crippen molar-refractivity contribution in [3.05, 3.63) is 16.5 Å². The summed E-state index contributed by atoms with van der Waals surface area (Å²) in [4.78, 5) is 11.5. The molecule has 100 valence electrons. The third-order valence-electron chi connectivity index (χ3n) is 2.74. The summed E-state index contributed by atoms with van der Waals surface area (Å²) < 4.78 is 32.4. The van der Waals surface area contributed by atoms with Gasteiger partial charge in [0.25, 0.3) is 0 Å². The van der Waals surface area contributed by atoms with E-state index in [1.165, 1.54) is 0 Å². The topological polar surface area (TPSA) is 99.6 Å². The molecule has 1 heterocycles. The molecule has 0 radical (unpaired) electrons. The molecule has 1 aliphatic carbocycles. The largest absolute Gasteiger partial charge is 0.457 e. The van der Waals surface area contributed by atoms with E-state index < -0.39 is 16.0 Å². The minimum absolute atomic E-state index is 0.0941. The number of carbonyl (C=O) groups excluding carboxylic acids is 1. The van der Waals surface area contributed by atoms with Crippen LogP contribution in [0, 0.1) is 0 Å². The summed E-state index contributed by atoms with van der Waals surface area (Å²) in [5, 5.41) is 4.96. The lowest BCUT2D eigenvalue weighted by atomic mass is 10.3. The Labute approximate surface area is 113 Å². The molecular formula is C10H12BrNO5S. The second-order valence-electron chi connectivity index (χ2n) is 4.11. The SMILES string of the molecule is NS(=O)(=O)c1cc(C(=O)OC2CCCC2)oc1Br. The summed E-state index contributed by atoms with van der Waals surface area (Å²) in [6, 6.07) is 1.07. The number of halogens is 1. The van der Waals surface area contributed by atoms with Gasteiger partial charge in [0, 0.05) is 6.07 Å². The summed E-state index contributed by atoms with van der Waals surface area (Å²) in [6.07, 6.45) is 3.61. The molecule has 18 heavy (non-hydrogen) atoms. The Morgan fingerprint density at radius 3 is 2.56 bits per heavy atom. The highest BCUT2D eigenvalue weighted by molar-refractivity contribution is 9.10. The second kappa shape index (κ2) is 5.02. The van der Waals surface area contributed by atoms with Gasteiger partial charge >= 0.3 is 5.97 Å². The van der Waals surface area contributed by atoms with Crippen LogP contribution in [0.15, 0.2) is 20.0 Å². The molecule has 2 rings (SSSR count). The second-order valence-corrected chi connectivity index (χ2v) is 6.36. The summed E-state index contributed by atoms with van der Waals surface area (Å²) in [7, 11) is -3.92. The van der Waals surface area contributed by atoms with Crippen LogP contribution in [-0.2, 0) is 14.8 Å². The number of esters is 1. The third kappa shape index (κ3) is 2.93. The molecule has 0 aliphatic heterocycles. The minimum atomic E-state index is -3.92.